The van der Waals surface area contributed by atoms with Crippen molar-refractivity contribution in [2.45, 2.75) is 32.2 Å². The van der Waals surface area contributed by atoms with Crippen LogP contribution in [0.2, 0.25) is 0 Å². The molecule has 0 spiro atoms. The van der Waals surface area contributed by atoms with Crippen molar-refractivity contribution < 1.29 is 0 Å². The number of nitriles is 1. The van der Waals surface area contributed by atoms with E-state index in [1.165, 1.54) is 29.3 Å². The average Bonchev–Trinajstić information content (AvgIpc) is 3.09. The van der Waals surface area contributed by atoms with Gasteiger partial charge in [-0.25, -0.2) is 0 Å². The first-order valence-electron chi connectivity index (χ1n) is 6.92. The summed E-state index contributed by atoms with van der Waals surface area (Å²) >= 11 is 0. The van der Waals surface area contributed by atoms with E-state index < -0.39 is 0 Å². The molecule has 0 unspecified atom stereocenters. The normalized spacial score (nSPS) is 16.4. The van der Waals surface area contributed by atoms with Crippen molar-refractivity contribution >= 4 is 10.9 Å². The Morgan fingerprint density at radius 3 is 2.79 bits per heavy atom. The molecular weight excluding hydrogens is 234 g/mol. The van der Waals surface area contributed by atoms with Crippen molar-refractivity contribution in [1.82, 2.24) is 4.57 Å². The molecule has 0 bridgehead atoms. The second-order valence-electron chi connectivity index (χ2n) is 5.67. The summed E-state index contributed by atoms with van der Waals surface area (Å²) in [5, 5.41) is 10.3. The second-order valence-corrected chi connectivity index (χ2v) is 5.67. The summed E-state index contributed by atoms with van der Waals surface area (Å²) in [6, 6.07) is 10.8. The fraction of sp³-hybridized carbons (Fsp3) is 0.438. The van der Waals surface area contributed by atoms with Crippen molar-refractivity contribution in [3.05, 3.63) is 36.0 Å². The highest BCUT2D eigenvalue weighted by molar-refractivity contribution is 5.84. The van der Waals surface area contributed by atoms with Crippen molar-refractivity contribution in [1.29, 1.82) is 5.26 Å². The molecular formula is C16H19N3. The van der Waals surface area contributed by atoms with E-state index in [9.17, 15) is 0 Å². The van der Waals surface area contributed by atoms with Crippen LogP contribution in [0.5, 0.6) is 0 Å². The van der Waals surface area contributed by atoms with Crippen molar-refractivity contribution in [3.8, 4) is 6.07 Å². The Bertz CT molecular complexity index is 629. The van der Waals surface area contributed by atoms with Crippen LogP contribution in [0, 0.1) is 16.7 Å². The van der Waals surface area contributed by atoms with Gasteiger partial charge in [-0.3, -0.25) is 0 Å². The van der Waals surface area contributed by atoms with Gasteiger partial charge in [-0.15, -0.1) is 0 Å². The molecule has 1 aliphatic rings. The Labute approximate surface area is 113 Å². The smallest absolute Gasteiger partial charge is 0.0628 e. The number of aromatic nitrogens is 1. The first-order chi connectivity index (χ1) is 9.28. The zero-order valence-electron chi connectivity index (χ0n) is 11.1. The third kappa shape index (κ3) is 2.24. The fourth-order valence-electron chi connectivity index (χ4n) is 2.90. The van der Waals surface area contributed by atoms with Crippen molar-refractivity contribution in [2.24, 2.45) is 11.1 Å². The predicted molar refractivity (Wildman–Crippen MR) is 76.6 cm³/mol. The molecule has 2 aromatic rings. The number of hydrogen-bond donors (Lipinski definition) is 1. The Morgan fingerprint density at radius 1 is 1.32 bits per heavy atom. The minimum Gasteiger partial charge on any atom is -0.347 e. The number of rotatable bonds is 5. The number of hydrogen-bond acceptors (Lipinski definition) is 2. The van der Waals surface area contributed by atoms with E-state index in [4.69, 9.17) is 11.0 Å². The lowest BCUT2D eigenvalue weighted by Crippen LogP contribution is -2.10. The third-order valence-electron chi connectivity index (χ3n) is 4.20. The van der Waals surface area contributed by atoms with Gasteiger partial charge in [0.2, 0.25) is 0 Å². The van der Waals surface area contributed by atoms with Gasteiger partial charge in [0.1, 0.15) is 0 Å². The third-order valence-corrected chi connectivity index (χ3v) is 4.20. The summed E-state index contributed by atoms with van der Waals surface area (Å²) in [7, 11) is 0. The van der Waals surface area contributed by atoms with Crippen molar-refractivity contribution in [2.75, 3.05) is 6.54 Å². The predicted octanol–water partition coefficient (Wildman–Crippen LogP) is 2.84. The largest absolute Gasteiger partial charge is 0.347 e. The molecule has 2 N–H and O–H groups in total. The Morgan fingerprint density at radius 2 is 2.11 bits per heavy atom. The molecule has 1 heterocycles. The number of nitrogens with two attached hydrogens (primary N) is 1. The van der Waals surface area contributed by atoms with Gasteiger partial charge in [0.15, 0.2) is 0 Å². The highest BCUT2D eigenvalue weighted by atomic mass is 15.0. The van der Waals surface area contributed by atoms with Crippen LogP contribution in [-0.4, -0.2) is 11.1 Å². The van der Waals surface area contributed by atoms with Crippen LogP contribution in [0.15, 0.2) is 30.5 Å². The molecule has 0 amide bonds. The topological polar surface area (TPSA) is 54.7 Å². The summed E-state index contributed by atoms with van der Waals surface area (Å²) in [5.41, 5.74) is 8.53. The monoisotopic (exact) mass is 253 g/mol. The van der Waals surface area contributed by atoms with Crippen LogP contribution in [0.4, 0.5) is 0 Å². The minimum atomic E-state index is 0.233. The summed E-state index contributed by atoms with van der Waals surface area (Å²) in [6.07, 6.45) is 6.18. The van der Waals surface area contributed by atoms with Gasteiger partial charge >= 0.3 is 0 Å². The first-order valence-corrected chi connectivity index (χ1v) is 6.92. The molecule has 3 nitrogen and oxygen atoms in total. The van der Waals surface area contributed by atoms with E-state index >= 15 is 0 Å². The standard InChI is InChI=1S/C16H19N3/c17-9-5-13-11-19(12-16(6-7-16)8-10-18)15-4-2-1-3-14(13)15/h1-4,11H,5-9,12,17H2. The van der Waals surface area contributed by atoms with Crippen LogP contribution < -0.4 is 5.73 Å². The van der Waals surface area contributed by atoms with E-state index in [1.54, 1.807) is 0 Å². The van der Waals surface area contributed by atoms with Crippen LogP contribution in [-0.2, 0) is 13.0 Å². The van der Waals surface area contributed by atoms with E-state index in [-0.39, 0.29) is 5.41 Å². The molecule has 98 valence electrons. The zero-order valence-corrected chi connectivity index (χ0v) is 11.1. The lowest BCUT2D eigenvalue weighted by molar-refractivity contribution is 0.439. The minimum absolute atomic E-state index is 0.233. The van der Waals surface area contributed by atoms with E-state index in [0.29, 0.717) is 13.0 Å². The van der Waals surface area contributed by atoms with Gasteiger partial charge < -0.3 is 10.3 Å². The van der Waals surface area contributed by atoms with Gasteiger partial charge in [0, 0.05) is 35.5 Å². The average molecular weight is 253 g/mol. The molecule has 0 saturated heterocycles. The zero-order chi connectivity index (χ0) is 13.3. The fourth-order valence-corrected chi connectivity index (χ4v) is 2.90. The molecule has 0 radical (unpaired) electrons. The summed E-state index contributed by atoms with van der Waals surface area (Å²) in [6.45, 7) is 1.64. The highest BCUT2D eigenvalue weighted by Crippen LogP contribution is 2.50. The maximum Gasteiger partial charge on any atom is 0.0628 e. The lowest BCUT2D eigenvalue weighted by atomic mass is 10.0. The summed E-state index contributed by atoms with van der Waals surface area (Å²) in [4.78, 5) is 0. The Hall–Kier alpha value is -1.79. The number of benzene rings is 1. The van der Waals surface area contributed by atoms with Gasteiger partial charge in [-0.1, -0.05) is 18.2 Å². The van der Waals surface area contributed by atoms with Gasteiger partial charge in [-0.2, -0.15) is 5.26 Å². The summed E-state index contributed by atoms with van der Waals surface area (Å²) < 4.78 is 2.32. The molecule has 1 aromatic carbocycles. The number of fused-ring (bicyclic) bond motifs is 1. The molecule has 1 aromatic heterocycles. The van der Waals surface area contributed by atoms with Gasteiger partial charge in [-0.05, 0) is 37.4 Å². The molecule has 3 heteroatoms. The number of nitrogens with zero attached hydrogens (tertiary/aromatic N) is 2. The van der Waals surface area contributed by atoms with E-state index in [0.717, 1.165) is 13.0 Å². The molecule has 1 saturated carbocycles. The van der Waals surface area contributed by atoms with Crippen LogP contribution in [0.3, 0.4) is 0 Å². The summed E-state index contributed by atoms with van der Waals surface area (Å²) in [5.74, 6) is 0. The molecule has 1 fully saturated rings. The molecule has 0 aliphatic heterocycles. The Kier molecular flexibility index (Phi) is 3.04. The van der Waals surface area contributed by atoms with E-state index in [2.05, 4.69) is 41.1 Å². The molecule has 1 aliphatic carbocycles. The van der Waals surface area contributed by atoms with Crippen LogP contribution in [0.25, 0.3) is 10.9 Å². The quantitative estimate of drug-likeness (QED) is 0.890. The highest BCUT2D eigenvalue weighted by Gasteiger charge is 2.42. The second kappa shape index (κ2) is 4.71. The first kappa shape index (κ1) is 12.3. The van der Waals surface area contributed by atoms with Gasteiger partial charge in [0.05, 0.1) is 6.07 Å². The van der Waals surface area contributed by atoms with E-state index in [1.807, 2.05) is 0 Å². The maximum absolute atomic E-state index is 8.95. The SMILES string of the molecule is N#CCC1(Cn2cc(CCN)c3ccccc32)CC1. The van der Waals surface area contributed by atoms with Crippen LogP contribution in [0.1, 0.15) is 24.8 Å². The molecule has 3 rings (SSSR count). The maximum atomic E-state index is 8.95. The van der Waals surface area contributed by atoms with Gasteiger partial charge in [0.25, 0.3) is 0 Å². The molecule has 0 atom stereocenters. The van der Waals surface area contributed by atoms with Crippen molar-refractivity contribution in [3.63, 3.8) is 0 Å². The molecule has 19 heavy (non-hydrogen) atoms. The lowest BCUT2D eigenvalue weighted by Gasteiger charge is -2.13. The Balaban J connectivity index is 1.97. The van der Waals surface area contributed by atoms with Crippen LogP contribution >= 0.6 is 0 Å². The number of para-hydroxylation sites is 1.